The number of nitrogens with zero attached hydrogens (tertiary/aromatic N) is 4. The normalized spacial score (nSPS) is 14.4. The standard InChI is InChI=1S/C29H31N5O2S/c1-20-21(2)37-28(25(20)29(35)36-3)32-26-27(31-24-14-8-7-13-23(24)30-26)34-18-16-33(17-19-34)15-9-12-22-10-5-4-6-11-22/h4-14H,15-19H2,1-3H3,(H,30,32). The summed E-state index contributed by atoms with van der Waals surface area (Å²) in [7, 11) is 1.41. The fraction of sp³-hybridized carbons (Fsp3) is 0.276. The number of carbonyl (C=O) groups excluding carboxylic acids is 1. The first-order chi connectivity index (χ1) is 18.0. The second-order valence-corrected chi connectivity index (χ2v) is 10.3. The SMILES string of the molecule is COC(=O)c1c(Nc2nc3ccccc3nc2N2CCN(CC=Cc3ccccc3)CC2)sc(C)c1C. The van der Waals surface area contributed by atoms with E-state index in [2.05, 4.69) is 51.5 Å². The van der Waals surface area contributed by atoms with Gasteiger partial charge in [-0.3, -0.25) is 4.90 Å². The smallest absolute Gasteiger partial charge is 0.341 e. The molecule has 37 heavy (non-hydrogen) atoms. The minimum absolute atomic E-state index is 0.350. The van der Waals surface area contributed by atoms with Gasteiger partial charge in [0.25, 0.3) is 0 Å². The average Bonchev–Trinajstić information content (AvgIpc) is 3.21. The fourth-order valence-corrected chi connectivity index (χ4v) is 5.56. The van der Waals surface area contributed by atoms with Gasteiger partial charge in [0.15, 0.2) is 11.6 Å². The monoisotopic (exact) mass is 513 g/mol. The zero-order valence-electron chi connectivity index (χ0n) is 21.4. The number of benzene rings is 2. The van der Waals surface area contributed by atoms with Crippen molar-refractivity contribution in [2.24, 2.45) is 0 Å². The highest BCUT2D eigenvalue weighted by Crippen LogP contribution is 2.37. The minimum Gasteiger partial charge on any atom is -0.465 e. The summed E-state index contributed by atoms with van der Waals surface area (Å²) in [4.78, 5) is 28.3. The van der Waals surface area contributed by atoms with E-state index < -0.39 is 0 Å². The van der Waals surface area contributed by atoms with Crippen molar-refractivity contribution in [1.29, 1.82) is 0 Å². The van der Waals surface area contributed by atoms with E-state index in [0.29, 0.717) is 11.4 Å². The maximum atomic E-state index is 12.6. The first-order valence-corrected chi connectivity index (χ1v) is 13.3. The van der Waals surface area contributed by atoms with Crippen molar-refractivity contribution in [2.45, 2.75) is 13.8 Å². The Kier molecular flexibility index (Phi) is 7.48. The van der Waals surface area contributed by atoms with Crippen LogP contribution in [0.3, 0.4) is 0 Å². The lowest BCUT2D eigenvalue weighted by Crippen LogP contribution is -2.46. The number of piperazine rings is 1. The molecule has 0 amide bonds. The van der Waals surface area contributed by atoms with Crippen LogP contribution in [-0.4, -0.2) is 60.7 Å². The van der Waals surface area contributed by atoms with Gasteiger partial charge in [-0.2, -0.15) is 0 Å². The van der Waals surface area contributed by atoms with Crippen molar-refractivity contribution < 1.29 is 9.53 Å². The van der Waals surface area contributed by atoms with Crippen LogP contribution in [0.15, 0.2) is 60.7 Å². The summed E-state index contributed by atoms with van der Waals surface area (Å²) in [6.45, 7) is 8.40. The van der Waals surface area contributed by atoms with Crippen LogP contribution in [0.5, 0.6) is 0 Å². The molecular weight excluding hydrogens is 482 g/mol. The molecule has 1 fully saturated rings. The summed E-state index contributed by atoms with van der Waals surface area (Å²) >= 11 is 1.53. The predicted octanol–water partition coefficient (Wildman–Crippen LogP) is 5.67. The van der Waals surface area contributed by atoms with Crippen LogP contribution in [0.25, 0.3) is 17.1 Å². The van der Waals surface area contributed by atoms with Crippen molar-refractivity contribution in [3.8, 4) is 0 Å². The third-order valence-corrected chi connectivity index (χ3v) is 7.83. The zero-order valence-corrected chi connectivity index (χ0v) is 22.2. The summed E-state index contributed by atoms with van der Waals surface area (Å²) in [6, 6.07) is 18.3. The van der Waals surface area contributed by atoms with E-state index in [1.165, 1.54) is 24.0 Å². The molecule has 0 atom stereocenters. The Hall–Kier alpha value is -3.75. The Morgan fingerprint density at radius 2 is 1.68 bits per heavy atom. The maximum absolute atomic E-state index is 12.6. The maximum Gasteiger partial charge on any atom is 0.341 e. The fourth-order valence-electron chi connectivity index (χ4n) is 4.51. The highest BCUT2D eigenvalue weighted by atomic mass is 32.1. The topological polar surface area (TPSA) is 70.6 Å². The number of rotatable bonds is 7. The number of anilines is 3. The van der Waals surface area contributed by atoms with Crippen LogP contribution >= 0.6 is 11.3 Å². The molecule has 0 spiro atoms. The molecule has 1 aliphatic heterocycles. The highest BCUT2D eigenvalue weighted by molar-refractivity contribution is 7.16. The lowest BCUT2D eigenvalue weighted by molar-refractivity contribution is 0.0601. The second-order valence-electron chi connectivity index (χ2n) is 9.09. The quantitative estimate of drug-likeness (QED) is 0.319. The molecule has 2 aromatic heterocycles. The van der Waals surface area contributed by atoms with E-state index in [1.54, 1.807) is 0 Å². The number of hydrogen-bond donors (Lipinski definition) is 1. The minimum atomic E-state index is -0.350. The third-order valence-electron chi connectivity index (χ3n) is 6.70. The van der Waals surface area contributed by atoms with Crippen molar-refractivity contribution in [3.63, 3.8) is 0 Å². The van der Waals surface area contributed by atoms with Crippen molar-refractivity contribution in [2.75, 3.05) is 50.1 Å². The Bertz CT molecular complexity index is 1430. The molecule has 0 aliphatic carbocycles. The van der Waals surface area contributed by atoms with Gasteiger partial charge in [-0.05, 0) is 37.1 Å². The largest absolute Gasteiger partial charge is 0.465 e. The van der Waals surface area contributed by atoms with E-state index in [9.17, 15) is 4.79 Å². The molecular formula is C29H31N5O2S. The molecule has 3 heterocycles. The zero-order chi connectivity index (χ0) is 25.8. The van der Waals surface area contributed by atoms with E-state index in [0.717, 1.165) is 65.0 Å². The van der Waals surface area contributed by atoms with Gasteiger partial charge in [0.1, 0.15) is 5.00 Å². The van der Waals surface area contributed by atoms with E-state index >= 15 is 0 Å². The van der Waals surface area contributed by atoms with Gasteiger partial charge in [-0.1, -0.05) is 54.6 Å². The number of esters is 1. The van der Waals surface area contributed by atoms with Gasteiger partial charge in [-0.25, -0.2) is 14.8 Å². The molecule has 0 unspecified atom stereocenters. The van der Waals surface area contributed by atoms with Gasteiger partial charge in [0.05, 0.1) is 23.7 Å². The number of methoxy groups -OCH3 is 1. The summed E-state index contributed by atoms with van der Waals surface area (Å²) in [6.07, 6.45) is 4.40. The molecule has 5 rings (SSSR count). The number of para-hydroxylation sites is 2. The molecule has 7 nitrogen and oxygen atoms in total. The third kappa shape index (κ3) is 5.50. The number of nitrogens with one attached hydrogen (secondary N) is 1. The summed E-state index contributed by atoms with van der Waals surface area (Å²) in [5.41, 5.74) is 4.35. The van der Waals surface area contributed by atoms with Crippen molar-refractivity contribution >= 4 is 51.1 Å². The molecule has 1 aliphatic rings. The van der Waals surface area contributed by atoms with Crippen LogP contribution in [0, 0.1) is 13.8 Å². The van der Waals surface area contributed by atoms with Crippen LogP contribution < -0.4 is 10.2 Å². The Labute approximate surface area is 221 Å². The highest BCUT2D eigenvalue weighted by Gasteiger charge is 2.25. The lowest BCUT2D eigenvalue weighted by atomic mass is 10.1. The number of fused-ring (bicyclic) bond motifs is 1. The molecule has 0 bridgehead atoms. The number of aromatic nitrogens is 2. The van der Waals surface area contributed by atoms with Crippen molar-refractivity contribution in [1.82, 2.24) is 14.9 Å². The number of ether oxygens (including phenoxy) is 1. The number of aryl methyl sites for hydroxylation is 1. The van der Waals surface area contributed by atoms with E-state index in [4.69, 9.17) is 14.7 Å². The molecule has 0 radical (unpaired) electrons. The van der Waals surface area contributed by atoms with Crippen LogP contribution in [0.4, 0.5) is 16.6 Å². The lowest BCUT2D eigenvalue weighted by Gasteiger charge is -2.35. The second kappa shape index (κ2) is 11.1. The Morgan fingerprint density at radius 1 is 1.00 bits per heavy atom. The summed E-state index contributed by atoms with van der Waals surface area (Å²) in [5.74, 6) is 1.11. The van der Waals surface area contributed by atoms with Crippen molar-refractivity contribution in [3.05, 3.63) is 82.2 Å². The molecule has 1 saturated heterocycles. The Balaban J connectivity index is 1.37. The average molecular weight is 514 g/mol. The number of thiophene rings is 1. The molecule has 2 aromatic carbocycles. The molecule has 4 aromatic rings. The van der Waals surface area contributed by atoms with Crippen LogP contribution in [0.2, 0.25) is 0 Å². The predicted molar refractivity (Wildman–Crippen MR) is 152 cm³/mol. The van der Waals surface area contributed by atoms with Gasteiger partial charge in [-0.15, -0.1) is 11.3 Å². The molecule has 190 valence electrons. The molecule has 1 N–H and O–H groups in total. The van der Waals surface area contributed by atoms with Gasteiger partial charge in [0, 0.05) is 37.6 Å². The summed E-state index contributed by atoms with van der Waals surface area (Å²) in [5, 5.41) is 4.18. The Morgan fingerprint density at radius 3 is 2.38 bits per heavy atom. The van der Waals surface area contributed by atoms with Crippen LogP contribution in [0.1, 0.15) is 26.4 Å². The van der Waals surface area contributed by atoms with Crippen LogP contribution in [-0.2, 0) is 4.74 Å². The molecule has 8 heteroatoms. The first kappa shape index (κ1) is 24.9. The van der Waals surface area contributed by atoms with E-state index in [-0.39, 0.29) is 5.97 Å². The van der Waals surface area contributed by atoms with Gasteiger partial charge in [0.2, 0.25) is 0 Å². The van der Waals surface area contributed by atoms with Gasteiger partial charge >= 0.3 is 5.97 Å². The molecule has 0 saturated carbocycles. The number of carbonyl (C=O) groups is 1. The summed E-state index contributed by atoms with van der Waals surface area (Å²) < 4.78 is 5.07. The van der Waals surface area contributed by atoms with E-state index in [1.807, 2.05) is 44.2 Å². The first-order valence-electron chi connectivity index (χ1n) is 12.4. The number of hydrogen-bond acceptors (Lipinski definition) is 8. The van der Waals surface area contributed by atoms with Gasteiger partial charge < -0.3 is 15.0 Å².